The average molecular weight is 384 g/mol. The third-order valence-corrected chi connectivity index (χ3v) is 3.99. The van der Waals surface area contributed by atoms with E-state index in [0.29, 0.717) is 11.3 Å². The molecule has 3 rings (SSSR count). The summed E-state index contributed by atoms with van der Waals surface area (Å²) in [5.41, 5.74) is 0.985. The predicted octanol–water partition coefficient (Wildman–Crippen LogP) is 1.84. The van der Waals surface area contributed by atoms with E-state index in [-0.39, 0.29) is 29.2 Å². The molecule has 10 heteroatoms. The number of hydrogen-bond donors (Lipinski definition) is 1. The third-order valence-electron chi connectivity index (χ3n) is 3.99. The van der Waals surface area contributed by atoms with Crippen LogP contribution in [0.15, 0.2) is 51.7 Å². The molecule has 0 saturated carbocycles. The largest absolute Gasteiger partial charge is 0.420 e. The molecule has 0 aliphatic carbocycles. The van der Waals surface area contributed by atoms with Crippen molar-refractivity contribution in [1.82, 2.24) is 9.47 Å². The normalized spacial score (nSPS) is 10.6. The number of nitro groups is 1. The Morgan fingerprint density at radius 1 is 1.18 bits per heavy atom. The predicted molar refractivity (Wildman–Crippen MR) is 100 cm³/mol. The van der Waals surface area contributed by atoms with Gasteiger partial charge in [-0.3, -0.25) is 24.3 Å². The molecule has 0 saturated heterocycles. The first-order valence-corrected chi connectivity index (χ1v) is 8.15. The van der Waals surface area contributed by atoms with Crippen LogP contribution in [0, 0.1) is 10.1 Å². The summed E-state index contributed by atoms with van der Waals surface area (Å²) in [6.07, 6.45) is 0. The first-order chi connectivity index (χ1) is 13.3. The maximum Gasteiger partial charge on any atom is 0.420 e. The summed E-state index contributed by atoms with van der Waals surface area (Å²) >= 11 is 0. The molecule has 0 aliphatic heterocycles. The Kier molecular flexibility index (Phi) is 4.94. The molecule has 0 aliphatic rings. The van der Waals surface area contributed by atoms with Crippen LogP contribution in [0.25, 0.3) is 11.1 Å². The van der Waals surface area contributed by atoms with Crippen molar-refractivity contribution in [3.63, 3.8) is 0 Å². The summed E-state index contributed by atoms with van der Waals surface area (Å²) in [4.78, 5) is 47.9. The van der Waals surface area contributed by atoms with Crippen LogP contribution in [-0.2, 0) is 11.3 Å². The topological polar surface area (TPSA) is 128 Å². The van der Waals surface area contributed by atoms with Gasteiger partial charge in [0.2, 0.25) is 5.91 Å². The molecule has 10 nitrogen and oxygen atoms in total. The van der Waals surface area contributed by atoms with Gasteiger partial charge in [0.05, 0.1) is 10.4 Å². The zero-order chi connectivity index (χ0) is 20.4. The number of fused-ring (bicyclic) bond motifs is 1. The first kappa shape index (κ1) is 18.8. The molecule has 2 amide bonds. The van der Waals surface area contributed by atoms with E-state index < -0.39 is 16.6 Å². The Morgan fingerprint density at radius 3 is 2.46 bits per heavy atom. The highest BCUT2D eigenvalue weighted by Crippen LogP contribution is 2.20. The second kappa shape index (κ2) is 7.35. The van der Waals surface area contributed by atoms with Gasteiger partial charge in [0.25, 0.3) is 11.6 Å². The average Bonchev–Trinajstić information content (AvgIpc) is 2.96. The standard InChI is InChI=1S/C18H16N4O6/c1-20(2)17(24)11-3-5-12(6-4-11)19-16(23)10-21-14-9-13(22(26)27)7-8-15(14)28-18(21)25/h3-9H,10H2,1-2H3,(H,19,23). The number of rotatable bonds is 5. The minimum atomic E-state index is -0.794. The lowest BCUT2D eigenvalue weighted by Gasteiger charge is -2.11. The van der Waals surface area contributed by atoms with E-state index in [1.54, 1.807) is 38.4 Å². The van der Waals surface area contributed by atoms with Crippen molar-refractivity contribution in [2.75, 3.05) is 19.4 Å². The van der Waals surface area contributed by atoms with Crippen LogP contribution in [0.2, 0.25) is 0 Å². The fourth-order valence-corrected chi connectivity index (χ4v) is 2.61. The quantitative estimate of drug-likeness (QED) is 0.528. The molecule has 1 aromatic heterocycles. The SMILES string of the molecule is CN(C)C(=O)c1ccc(NC(=O)Cn2c(=O)oc3ccc([N+](=O)[O-])cc32)cc1. The molecule has 0 radical (unpaired) electrons. The molecule has 28 heavy (non-hydrogen) atoms. The molecule has 3 aromatic rings. The molecule has 1 heterocycles. The van der Waals surface area contributed by atoms with Crippen molar-refractivity contribution in [3.05, 3.63) is 68.7 Å². The van der Waals surface area contributed by atoms with Crippen LogP contribution >= 0.6 is 0 Å². The Bertz CT molecular complexity index is 1130. The maximum atomic E-state index is 12.3. The number of amides is 2. The highest BCUT2D eigenvalue weighted by atomic mass is 16.6. The van der Waals surface area contributed by atoms with Gasteiger partial charge < -0.3 is 14.6 Å². The van der Waals surface area contributed by atoms with E-state index in [1.165, 1.54) is 23.1 Å². The van der Waals surface area contributed by atoms with Crippen molar-refractivity contribution in [2.45, 2.75) is 6.54 Å². The second-order valence-electron chi connectivity index (χ2n) is 6.19. The van der Waals surface area contributed by atoms with Gasteiger partial charge >= 0.3 is 5.76 Å². The monoisotopic (exact) mass is 384 g/mol. The Morgan fingerprint density at radius 2 is 1.86 bits per heavy atom. The summed E-state index contributed by atoms with van der Waals surface area (Å²) < 4.78 is 6.03. The van der Waals surface area contributed by atoms with Gasteiger partial charge in [-0.05, 0) is 30.3 Å². The zero-order valence-corrected chi connectivity index (χ0v) is 15.0. The highest BCUT2D eigenvalue weighted by molar-refractivity contribution is 5.95. The molecule has 0 atom stereocenters. The summed E-state index contributed by atoms with van der Waals surface area (Å²) in [6, 6.07) is 9.97. The van der Waals surface area contributed by atoms with Crippen molar-refractivity contribution < 1.29 is 18.9 Å². The number of nitro benzene ring substituents is 1. The Hall–Kier alpha value is -3.95. The van der Waals surface area contributed by atoms with Gasteiger partial charge in [0.15, 0.2) is 5.58 Å². The van der Waals surface area contributed by atoms with Crippen molar-refractivity contribution in [1.29, 1.82) is 0 Å². The van der Waals surface area contributed by atoms with Gasteiger partial charge in [-0.15, -0.1) is 0 Å². The molecular weight excluding hydrogens is 368 g/mol. The van der Waals surface area contributed by atoms with Crippen molar-refractivity contribution in [2.24, 2.45) is 0 Å². The fraction of sp³-hybridized carbons (Fsp3) is 0.167. The van der Waals surface area contributed by atoms with E-state index in [9.17, 15) is 24.5 Å². The summed E-state index contributed by atoms with van der Waals surface area (Å²) in [7, 11) is 3.27. The van der Waals surface area contributed by atoms with Crippen LogP contribution in [0.1, 0.15) is 10.4 Å². The molecule has 144 valence electrons. The van der Waals surface area contributed by atoms with Crippen LogP contribution in [0.3, 0.4) is 0 Å². The van der Waals surface area contributed by atoms with E-state index in [4.69, 9.17) is 4.42 Å². The number of nitrogens with zero attached hydrogens (tertiary/aromatic N) is 3. The number of benzene rings is 2. The number of oxazole rings is 1. The number of aromatic nitrogens is 1. The minimum absolute atomic E-state index is 0.148. The van der Waals surface area contributed by atoms with Crippen LogP contribution in [-0.4, -0.2) is 40.3 Å². The van der Waals surface area contributed by atoms with Crippen molar-refractivity contribution >= 4 is 34.3 Å². The van der Waals surface area contributed by atoms with Crippen LogP contribution < -0.4 is 11.1 Å². The maximum absolute atomic E-state index is 12.3. The number of non-ortho nitro benzene ring substituents is 1. The number of anilines is 1. The fourth-order valence-electron chi connectivity index (χ4n) is 2.61. The van der Waals surface area contributed by atoms with Crippen LogP contribution in [0.5, 0.6) is 0 Å². The number of carbonyl (C=O) groups excluding carboxylic acids is 2. The second-order valence-corrected chi connectivity index (χ2v) is 6.19. The van der Waals surface area contributed by atoms with E-state index >= 15 is 0 Å². The lowest BCUT2D eigenvalue weighted by Crippen LogP contribution is -2.25. The third kappa shape index (κ3) is 3.75. The van der Waals surface area contributed by atoms with Gasteiger partial charge in [-0.2, -0.15) is 0 Å². The molecule has 1 N–H and O–H groups in total. The molecule has 0 bridgehead atoms. The molecule has 0 unspecified atom stereocenters. The Balaban J connectivity index is 1.79. The lowest BCUT2D eigenvalue weighted by atomic mass is 10.2. The Labute approximate surface area is 158 Å². The van der Waals surface area contributed by atoms with E-state index in [0.717, 1.165) is 4.57 Å². The van der Waals surface area contributed by atoms with Crippen molar-refractivity contribution in [3.8, 4) is 0 Å². The van der Waals surface area contributed by atoms with Gasteiger partial charge in [0.1, 0.15) is 6.54 Å². The molecule has 0 spiro atoms. The minimum Gasteiger partial charge on any atom is -0.408 e. The smallest absolute Gasteiger partial charge is 0.408 e. The summed E-state index contributed by atoms with van der Waals surface area (Å²) in [6.45, 7) is -0.384. The van der Waals surface area contributed by atoms with Gasteiger partial charge in [-0.1, -0.05) is 0 Å². The van der Waals surface area contributed by atoms with Gasteiger partial charge in [0, 0.05) is 37.5 Å². The summed E-state index contributed by atoms with van der Waals surface area (Å²) in [5.74, 6) is -1.49. The van der Waals surface area contributed by atoms with E-state index in [2.05, 4.69) is 5.32 Å². The van der Waals surface area contributed by atoms with E-state index in [1.807, 2.05) is 0 Å². The van der Waals surface area contributed by atoms with Crippen LogP contribution in [0.4, 0.5) is 11.4 Å². The number of carbonyl (C=O) groups is 2. The molecule has 0 fully saturated rings. The highest BCUT2D eigenvalue weighted by Gasteiger charge is 2.16. The summed E-state index contributed by atoms with van der Waals surface area (Å²) in [5, 5.41) is 13.5. The number of hydrogen-bond acceptors (Lipinski definition) is 6. The zero-order valence-electron chi connectivity index (χ0n) is 15.0. The first-order valence-electron chi connectivity index (χ1n) is 8.15. The lowest BCUT2D eigenvalue weighted by molar-refractivity contribution is -0.384. The van der Waals surface area contributed by atoms with Gasteiger partial charge in [-0.25, -0.2) is 4.79 Å². The number of nitrogens with one attached hydrogen (secondary N) is 1. The molecular formula is C18H16N4O6. The molecule has 2 aromatic carbocycles.